The summed E-state index contributed by atoms with van der Waals surface area (Å²) >= 11 is 15.8. The minimum absolute atomic E-state index is 0.409. The van der Waals surface area contributed by atoms with Gasteiger partial charge in [-0.1, -0.05) is 57.3 Å². The van der Waals surface area contributed by atoms with Gasteiger partial charge in [0.05, 0.1) is 17.2 Å². The van der Waals surface area contributed by atoms with Crippen LogP contribution in [0.5, 0.6) is 5.75 Å². The second kappa shape index (κ2) is 6.35. The SMILES string of the molecule is COc1cc(Cl)c(C(O)c2cccc(C)c2Br)cc1Cl. The molecule has 0 amide bonds. The lowest BCUT2D eigenvalue weighted by Crippen LogP contribution is -2.03. The molecule has 2 aromatic carbocycles. The third-order valence-electron chi connectivity index (χ3n) is 3.08. The second-order valence-corrected chi connectivity index (χ2v) is 6.00. The average molecular weight is 376 g/mol. The van der Waals surface area contributed by atoms with Crippen LogP contribution in [0.2, 0.25) is 10.0 Å². The van der Waals surface area contributed by atoms with E-state index in [1.54, 1.807) is 12.1 Å². The number of aliphatic hydroxyl groups excluding tert-OH is 1. The summed E-state index contributed by atoms with van der Waals surface area (Å²) in [6, 6.07) is 8.92. The van der Waals surface area contributed by atoms with E-state index in [1.807, 2.05) is 25.1 Å². The topological polar surface area (TPSA) is 29.5 Å². The van der Waals surface area contributed by atoms with Gasteiger partial charge in [-0.05, 0) is 24.1 Å². The first-order chi connectivity index (χ1) is 9.45. The number of benzene rings is 2. The van der Waals surface area contributed by atoms with Gasteiger partial charge >= 0.3 is 0 Å². The first-order valence-electron chi connectivity index (χ1n) is 5.91. The largest absolute Gasteiger partial charge is 0.495 e. The highest BCUT2D eigenvalue weighted by atomic mass is 79.9. The second-order valence-electron chi connectivity index (χ2n) is 4.39. The molecule has 0 saturated heterocycles. The highest BCUT2D eigenvalue weighted by molar-refractivity contribution is 9.10. The first kappa shape index (κ1) is 15.6. The number of aliphatic hydroxyl groups is 1. The van der Waals surface area contributed by atoms with Crippen LogP contribution in [0.1, 0.15) is 22.8 Å². The summed E-state index contributed by atoms with van der Waals surface area (Å²) in [5.41, 5.74) is 2.33. The number of ether oxygens (including phenoxy) is 1. The maximum atomic E-state index is 10.6. The molecule has 1 atom stereocenters. The van der Waals surface area contributed by atoms with Crippen molar-refractivity contribution in [2.45, 2.75) is 13.0 Å². The summed E-state index contributed by atoms with van der Waals surface area (Å²) in [6.07, 6.45) is -0.861. The normalized spacial score (nSPS) is 12.3. The van der Waals surface area contributed by atoms with Gasteiger partial charge in [-0.2, -0.15) is 0 Å². The maximum absolute atomic E-state index is 10.6. The van der Waals surface area contributed by atoms with Crippen molar-refractivity contribution in [2.24, 2.45) is 0 Å². The molecule has 2 rings (SSSR count). The Balaban J connectivity index is 2.51. The van der Waals surface area contributed by atoms with Gasteiger partial charge in [0.15, 0.2) is 0 Å². The van der Waals surface area contributed by atoms with Gasteiger partial charge in [0.1, 0.15) is 11.9 Å². The van der Waals surface area contributed by atoms with E-state index < -0.39 is 6.10 Å². The highest BCUT2D eigenvalue weighted by Crippen LogP contribution is 2.38. The van der Waals surface area contributed by atoms with Gasteiger partial charge in [-0.25, -0.2) is 0 Å². The fourth-order valence-electron chi connectivity index (χ4n) is 1.96. The van der Waals surface area contributed by atoms with Crippen molar-refractivity contribution in [3.05, 3.63) is 61.5 Å². The molecule has 20 heavy (non-hydrogen) atoms. The molecular weight excluding hydrogens is 363 g/mol. The number of halogens is 3. The Labute approximate surface area is 136 Å². The Morgan fingerprint density at radius 1 is 1.15 bits per heavy atom. The predicted octanol–water partition coefficient (Wildman–Crippen LogP) is 5.15. The van der Waals surface area contributed by atoms with E-state index in [0.717, 1.165) is 15.6 Å². The van der Waals surface area contributed by atoms with E-state index in [1.165, 1.54) is 7.11 Å². The maximum Gasteiger partial charge on any atom is 0.138 e. The Morgan fingerprint density at radius 2 is 1.85 bits per heavy atom. The van der Waals surface area contributed by atoms with Crippen molar-refractivity contribution in [1.29, 1.82) is 0 Å². The van der Waals surface area contributed by atoms with E-state index in [9.17, 15) is 5.11 Å². The van der Waals surface area contributed by atoms with Crippen LogP contribution in [-0.2, 0) is 0 Å². The highest BCUT2D eigenvalue weighted by Gasteiger charge is 2.19. The van der Waals surface area contributed by atoms with E-state index in [2.05, 4.69) is 15.9 Å². The number of aryl methyl sites for hydroxylation is 1. The molecule has 106 valence electrons. The molecule has 0 aliphatic rings. The molecule has 0 radical (unpaired) electrons. The summed E-state index contributed by atoms with van der Waals surface area (Å²) < 4.78 is 5.96. The monoisotopic (exact) mass is 374 g/mol. The zero-order valence-corrected chi connectivity index (χ0v) is 14.1. The van der Waals surface area contributed by atoms with E-state index in [-0.39, 0.29) is 0 Å². The lowest BCUT2D eigenvalue weighted by Gasteiger charge is -2.17. The fraction of sp³-hybridized carbons (Fsp3) is 0.200. The summed E-state index contributed by atoms with van der Waals surface area (Å²) in [4.78, 5) is 0. The molecule has 5 heteroatoms. The van der Waals surface area contributed by atoms with E-state index in [4.69, 9.17) is 27.9 Å². The standard InChI is InChI=1S/C15H13BrCl2O2/c1-8-4-3-5-9(14(8)16)15(19)10-6-12(18)13(20-2)7-11(10)17/h3-7,15,19H,1-2H3. The van der Waals surface area contributed by atoms with Crippen molar-refractivity contribution in [1.82, 2.24) is 0 Å². The smallest absolute Gasteiger partial charge is 0.138 e. The van der Waals surface area contributed by atoms with Gasteiger partial charge < -0.3 is 9.84 Å². The number of methoxy groups -OCH3 is 1. The zero-order chi connectivity index (χ0) is 14.9. The van der Waals surface area contributed by atoms with Crippen LogP contribution in [0.25, 0.3) is 0 Å². The molecule has 0 heterocycles. The third-order valence-corrected chi connectivity index (χ3v) is 4.79. The van der Waals surface area contributed by atoms with Crippen molar-refractivity contribution in [3.63, 3.8) is 0 Å². The van der Waals surface area contributed by atoms with Gasteiger partial charge in [-0.15, -0.1) is 0 Å². The Bertz CT molecular complexity index is 644. The molecule has 0 saturated carbocycles. The molecule has 1 N–H and O–H groups in total. The van der Waals surface area contributed by atoms with Crippen LogP contribution in [0.4, 0.5) is 0 Å². The first-order valence-corrected chi connectivity index (χ1v) is 7.46. The minimum Gasteiger partial charge on any atom is -0.495 e. The molecule has 0 bridgehead atoms. The minimum atomic E-state index is -0.861. The van der Waals surface area contributed by atoms with Gasteiger partial charge in [0.25, 0.3) is 0 Å². The Kier molecular flexibility index (Phi) is 4.97. The van der Waals surface area contributed by atoms with Crippen LogP contribution in [0.15, 0.2) is 34.8 Å². The Morgan fingerprint density at radius 3 is 2.50 bits per heavy atom. The lowest BCUT2D eigenvalue weighted by molar-refractivity contribution is 0.219. The van der Waals surface area contributed by atoms with Crippen LogP contribution >= 0.6 is 39.1 Å². The summed E-state index contributed by atoms with van der Waals surface area (Å²) in [5.74, 6) is 0.482. The van der Waals surface area contributed by atoms with Crippen molar-refractivity contribution in [3.8, 4) is 5.75 Å². The van der Waals surface area contributed by atoms with Crippen LogP contribution in [-0.4, -0.2) is 12.2 Å². The zero-order valence-electron chi connectivity index (χ0n) is 11.0. The van der Waals surface area contributed by atoms with E-state index in [0.29, 0.717) is 21.4 Å². The molecule has 0 aliphatic carbocycles. The summed E-state index contributed by atoms with van der Waals surface area (Å²) in [6.45, 7) is 1.96. The molecule has 0 fully saturated rings. The number of rotatable bonds is 3. The molecule has 0 aromatic heterocycles. The molecule has 2 nitrogen and oxygen atoms in total. The van der Waals surface area contributed by atoms with Crippen molar-refractivity contribution in [2.75, 3.05) is 7.11 Å². The third kappa shape index (κ3) is 2.96. The van der Waals surface area contributed by atoms with Gasteiger partial charge in [0, 0.05) is 16.1 Å². The summed E-state index contributed by atoms with van der Waals surface area (Å²) in [5, 5.41) is 11.4. The molecule has 0 spiro atoms. The van der Waals surface area contributed by atoms with Crippen LogP contribution < -0.4 is 4.74 Å². The molecule has 1 unspecified atom stereocenters. The predicted molar refractivity (Wildman–Crippen MR) is 86.0 cm³/mol. The summed E-state index contributed by atoms with van der Waals surface area (Å²) in [7, 11) is 1.52. The fourth-order valence-corrected chi connectivity index (χ4v) is 2.95. The van der Waals surface area contributed by atoms with Crippen molar-refractivity contribution < 1.29 is 9.84 Å². The molecule has 0 aliphatic heterocycles. The van der Waals surface area contributed by atoms with Crippen LogP contribution in [0.3, 0.4) is 0 Å². The quantitative estimate of drug-likeness (QED) is 0.803. The lowest BCUT2D eigenvalue weighted by atomic mass is 10.00. The Hall–Kier alpha value is -0.740. The van der Waals surface area contributed by atoms with Gasteiger partial charge in [0.2, 0.25) is 0 Å². The molecule has 2 aromatic rings. The van der Waals surface area contributed by atoms with Crippen LogP contribution in [0, 0.1) is 6.92 Å². The van der Waals surface area contributed by atoms with Crippen molar-refractivity contribution >= 4 is 39.1 Å². The van der Waals surface area contributed by atoms with Gasteiger partial charge in [-0.3, -0.25) is 0 Å². The number of hydrogen-bond acceptors (Lipinski definition) is 2. The number of hydrogen-bond donors (Lipinski definition) is 1. The molecular formula is C15H13BrCl2O2. The van der Waals surface area contributed by atoms with E-state index >= 15 is 0 Å². The average Bonchev–Trinajstić information content (AvgIpc) is 2.43.